The van der Waals surface area contributed by atoms with Crippen LogP contribution in [0.2, 0.25) is 0 Å². The number of hydrogen-bond acceptors (Lipinski definition) is 4. The summed E-state index contributed by atoms with van der Waals surface area (Å²) in [6, 6.07) is 11.5. The fourth-order valence-electron chi connectivity index (χ4n) is 2.49. The molecule has 2 aromatic rings. The van der Waals surface area contributed by atoms with Crippen LogP contribution in [0.1, 0.15) is 23.3 Å². The van der Waals surface area contributed by atoms with Crippen LogP contribution in [0.25, 0.3) is 0 Å². The quantitative estimate of drug-likeness (QED) is 0.902. The van der Waals surface area contributed by atoms with E-state index in [1.54, 1.807) is 6.07 Å². The molecule has 21 heavy (non-hydrogen) atoms. The smallest absolute Gasteiger partial charge is 0.354 e. The van der Waals surface area contributed by atoms with E-state index in [1.807, 2.05) is 12.1 Å². The molecule has 0 radical (unpaired) electrons. The topological polar surface area (TPSA) is 65.5 Å². The van der Waals surface area contributed by atoms with E-state index in [1.165, 1.54) is 30.8 Å². The second kappa shape index (κ2) is 5.83. The van der Waals surface area contributed by atoms with Gasteiger partial charge in [0.1, 0.15) is 5.69 Å². The molecule has 1 aliphatic rings. The van der Waals surface area contributed by atoms with Crippen LogP contribution in [0.5, 0.6) is 0 Å². The van der Waals surface area contributed by atoms with Crippen LogP contribution in [-0.4, -0.2) is 29.1 Å². The zero-order valence-corrected chi connectivity index (χ0v) is 11.6. The van der Waals surface area contributed by atoms with Crippen LogP contribution in [0.4, 0.5) is 17.1 Å². The highest BCUT2D eigenvalue weighted by molar-refractivity contribution is 5.85. The van der Waals surface area contributed by atoms with Crippen LogP contribution in [0.15, 0.2) is 42.6 Å². The van der Waals surface area contributed by atoms with Gasteiger partial charge < -0.3 is 15.3 Å². The second-order valence-corrected chi connectivity index (χ2v) is 5.10. The Balaban J connectivity index is 1.68. The molecular formula is C16H17N3O2. The van der Waals surface area contributed by atoms with Crippen molar-refractivity contribution in [3.63, 3.8) is 0 Å². The number of carboxylic acid groups (broad SMARTS) is 1. The molecule has 0 saturated carbocycles. The third kappa shape index (κ3) is 3.13. The van der Waals surface area contributed by atoms with E-state index >= 15 is 0 Å². The van der Waals surface area contributed by atoms with Gasteiger partial charge in [-0.05, 0) is 49.2 Å². The number of anilines is 3. The van der Waals surface area contributed by atoms with Crippen LogP contribution >= 0.6 is 0 Å². The number of aromatic carboxylic acids is 1. The number of carboxylic acids is 1. The van der Waals surface area contributed by atoms with Gasteiger partial charge in [-0.25, -0.2) is 9.78 Å². The molecule has 1 aromatic heterocycles. The zero-order chi connectivity index (χ0) is 14.7. The minimum atomic E-state index is -1.02. The molecule has 0 unspecified atom stereocenters. The summed E-state index contributed by atoms with van der Waals surface area (Å²) >= 11 is 0. The number of nitrogens with one attached hydrogen (secondary N) is 1. The summed E-state index contributed by atoms with van der Waals surface area (Å²) in [6.45, 7) is 2.26. The summed E-state index contributed by atoms with van der Waals surface area (Å²) in [7, 11) is 0. The minimum absolute atomic E-state index is 0.0462. The predicted octanol–water partition coefficient (Wildman–Crippen LogP) is 3.12. The Morgan fingerprint density at radius 1 is 1.05 bits per heavy atom. The Bertz CT molecular complexity index is 617. The number of carbonyl (C=O) groups is 1. The molecule has 1 fully saturated rings. The van der Waals surface area contributed by atoms with Crippen molar-refractivity contribution in [2.75, 3.05) is 23.3 Å². The summed E-state index contributed by atoms with van der Waals surface area (Å²) < 4.78 is 0. The Hall–Kier alpha value is -2.56. The molecule has 0 amide bonds. The van der Waals surface area contributed by atoms with E-state index in [2.05, 4.69) is 27.3 Å². The summed E-state index contributed by atoms with van der Waals surface area (Å²) in [5.74, 6) is -1.02. The van der Waals surface area contributed by atoms with E-state index in [4.69, 9.17) is 5.11 Å². The first kappa shape index (κ1) is 13.4. The van der Waals surface area contributed by atoms with Gasteiger partial charge in [-0.2, -0.15) is 0 Å². The van der Waals surface area contributed by atoms with Crippen molar-refractivity contribution in [2.45, 2.75) is 12.8 Å². The number of hydrogen-bond donors (Lipinski definition) is 2. The van der Waals surface area contributed by atoms with Crippen LogP contribution in [-0.2, 0) is 0 Å². The number of benzene rings is 1. The first-order valence-electron chi connectivity index (χ1n) is 7.04. The lowest BCUT2D eigenvalue weighted by Gasteiger charge is -2.18. The van der Waals surface area contributed by atoms with E-state index in [0.717, 1.165) is 24.5 Å². The minimum Gasteiger partial charge on any atom is -0.477 e. The second-order valence-electron chi connectivity index (χ2n) is 5.10. The molecule has 1 aromatic carbocycles. The van der Waals surface area contributed by atoms with Crippen molar-refractivity contribution in [2.24, 2.45) is 0 Å². The maximum Gasteiger partial charge on any atom is 0.354 e. The van der Waals surface area contributed by atoms with Crippen molar-refractivity contribution in [1.29, 1.82) is 0 Å². The van der Waals surface area contributed by atoms with Gasteiger partial charge in [0.15, 0.2) is 0 Å². The Kier molecular flexibility index (Phi) is 3.73. The number of aromatic nitrogens is 1. The first-order valence-corrected chi connectivity index (χ1v) is 7.04. The lowest BCUT2D eigenvalue weighted by molar-refractivity contribution is 0.0690. The maximum atomic E-state index is 10.7. The summed E-state index contributed by atoms with van der Waals surface area (Å²) in [5, 5.41) is 12.0. The first-order chi connectivity index (χ1) is 10.2. The van der Waals surface area contributed by atoms with E-state index in [9.17, 15) is 4.79 Å². The van der Waals surface area contributed by atoms with Crippen molar-refractivity contribution in [1.82, 2.24) is 4.98 Å². The predicted molar refractivity (Wildman–Crippen MR) is 82.4 cm³/mol. The molecule has 0 aliphatic carbocycles. The number of rotatable bonds is 4. The third-order valence-corrected chi connectivity index (χ3v) is 3.61. The van der Waals surface area contributed by atoms with Gasteiger partial charge in [0.05, 0.1) is 11.9 Å². The van der Waals surface area contributed by atoms with Gasteiger partial charge in [-0.15, -0.1) is 0 Å². The Morgan fingerprint density at radius 2 is 1.71 bits per heavy atom. The maximum absolute atomic E-state index is 10.7. The highest BCUT2D eigenvalue weighted by atomic mass is 16.4. The van der Waals surface area contributed by atoms with Gasteiger partial charge in [-0.3, -0.25) is 0 Å². The molecule has 1 saturated heterocycles. The highest BCUT2D eigenvalue weighted by Crippen LogP contribution is 2.23. The molecule has 5 nitrogen and oxygen atoms in total. The third-order valence-electron chi connectivity index (χ3n) is 3.61. The largest absolute Gasteiger partial charge is 0.477 e. The molecule has 108 valence electrons. The van der Waals surface area contributed by atoms with Crippen LogP contribution in [0.3, 0.4) is 0 Å². The van der Waals surface area contributed by atoms with Gasteiger partial charge in [0, 0.05) is 24.5 Å². The van der Waals surface area contributed by atoms with Crippen LogP contribution < -0.4 is 10.2 Å². The van der Waals surface area contributed by atoms with Crippen molar-refractivity contribution in [3.8, 4) is 0 Å². The SMILES string of the molecule is O=C(O)c1ccc(Nc2ccc(N3CCCC3)cc2)cn1. The van der Waals surface area contributed by atoms with Gasteiger partial charge in [0.25, 0.3) is 0 Å². The average molecular weight is 283 g/mol. The van der Waals surface area contributed by atoms with E-state index < -0.39 is 5.97 Å². The van der Waals surface area contributed by atoms with Gasteiger partial charge >= 0.3 is 5.97 Å². The molecule has 3 rings (SSSR count). The molecular weight excluding hydrogens is 266 g/mol. The molecule has 0 spiro atoms. The van der Waals surface area contributed by atoms with Crippen molar-refractivity contribution in [3.05, 3.63) is 48.3 Å². The molecule has 1 aliphatic heterocycles. The lowest BCUT2D eigenvalue weighted by atomic mass is 10.2. The standard InChI is InChI=1S/C16H17N3O2/c20-16(21)15-8-5-13(11-17-15)18-12-3-6-14(7-4-12)19-9-1-2-10-19/h3-8,11,18H,1-2,9-10H2,(H,20,21). The zero-order valence-electron chi connectivity index (χ0n) is 11.6. The number of nitrogens with zero attached hydrogens (tertiary/aromatic N) is 2. The fourth-order valence-corrected chi connectivity index (χ4v) is 2.49. The molecule has 0 bridgehead atoms. The van der Waals surface area contributed by atoms with Crippen molar-refractivity contribution >= 4 is 23.0 Å². The van der Waals surface area contributed by atoms with Gasteiger partial charge in [-0.1, -0.05) is 0 Å². The summed E-state index contributed by atoms with van der Waals surface area (Å²) in [5.41, 5.74) is 3.03. The average Bonchev–Trinajstić information content (AvgIpc) is 3.03. The summed E-state index contributed by atoms with van der Waals surface area (Å²) in [6.07, 6.45) is 4.06. The van der Waals surface area contributed by atoms with Crippen LogP contribution in [0, 0.1) is 0 Å². The Labute approximate surface area is 123 Å². The normalized spacial score (nSPS) is 14.2. The Morgan fingerprint density at radius 3 is 2.29 bits per heavy atom. The fraction of sp³-hybridized carbons (Fsp3) is 0.250. The summed E-state index contributed by atoms with van der Waals surface area (Å²) in [4.78, 5) is 17.0. The number of pyridine rings is 1. The van der Waals surface area contributed by atoms with E-state index in [-0.39, 0.29) is 5.69 Å². The highest BCUT2D eigenvalue weighted by Gasteiger charge is 2.11. The van der Waals surface area contributed by atoms with Crippen molar-refractivity contribution < 1.29 is 9.90 Å². The molecule has 5 heteroatoms. The van der Waals surface area contributed by atoms with Gasteiger partial charge in [0.2, 0.25) is 0 Å². The lowest BCUT2D eigenvalue weighted by Crippen LogP contribution is -2.17. The molecule has 2 heterocycles. The molecule has 2 N–H and O–H groups in total. The van der Waals surface area contributed by atoms with E-state index in [0.29, 0.717) is 0 Å². The monoisotopic (exact) mass is 283 g/mol. The molecule has 0 atom stereocenters.